The molecule has 0 heterocycles. The third kappa shape index (κ3) is 4.96. The second kappa shape index (κ2) is 10.7. The Morgan fingerprint density at radius 2 is 0.667 bits per heavy atom. The van der Waals surface area contributed by atoms with Gasteiger partial charge in [-0.15, -0.1) is 0 Å². The van der Waals surface area contributed by atoms with Gasteiger partial charge in [0.05, 0.1) is 0 Å². The smallest absolute Gasteiger partial charge is 0.0124 e. The van der Waals surface area contributed by atoms with Crippen LogP contribution in [0.1, 0.15) is 22.3 Å². The van der Waals surface area contributed by atoms with Crippen molar-refractivity contribution in [2.24, 2.45) is 0 Å². The van der Waals surface area contributed by atoms with Crippen molar-refractivity contribution in [3.05, 3.63) is 183 Å². The first kappa shape index (κ1) is 23.0. The molecule has 0 amide bonds. The van der Waals surface area contributed by atoms with Crippen molar-refractivity contribution >= 4 is 12.2 Å². The van der Waals surface area contributed by atoms with Crippen LogP contribution in [0.4, 0.5) is 0 Å². The number of hydrogen-bond acceptors (Lipinski definition) is 0. The lowest BCUT2D eigenvalue weighted by Gasteiger charge is -2.12. The number of benzene rings is 4. The largest absolute Gasteiger partial charge is 0.0616 e. The molecule has 6 rings (SSSR count). The second-order valence-electron chi connectivity index (χ2n) is 9.01. The zero-order valence-corrected chi connectivity index (χ0v) is 20.0. The summed E-state index contributed by atoms with van der Waals surface area (Å²) in [5.41, 5.74) is 9.83. The van der Waals surface area contributed by atoms with Crippen LogP contribution in [0.5, 0.6) is 0 Å². The monoisotopic (exact) mass is 458 g/mol. The number of hydrogen-bond donors (Lipinski definition) is 0. The van der Waals surface area contributed by atoms with Gasteiger partial charge in [0.25, 0.3) is 0 Å². The summed E-state index contributed by atoms with van der Waals surface area (Å²) >= 11 is 0. The molecular weight excluding hydrogens is 432 g/mol. The molecule has 2 saturated carbocycles. The molecular formula is C36H26. The van der Waals surface area contributed by atoms with Crippen molar-refractivity contribution in [2.45, 2.75) is 0 Å². The molecule has 0 nitrogen and oxygen atoms in total. The van der Waals surface area contributed by atoms with E-state index in [2.05, 4.69) is 161 Å². The molecule has 0 heteroatoms. The van der Waals surface area contributed by atoms with Crippen LogP contribution in [0.15, 0.2) is 97.1 Å². The van der Waals surface area contributed by atoms with E-state index < -0.39 is 0 Å². The first-order valence-corrected chi connectivity index (χ1v) is 12.4. The molecule has 0 N–H and O–H groups in total. The van der Waals surface area contributed by atoms with Crippen LogP contribution < -0.4 is 0 Å². The predicted molar refractivity (Wildman–Crippen MR) is 152 cm³/mol. The highest BCUT2D eigenvalue weighted by molar-refractivity contribution is 5.85. The van der Waals surface area contributed by atoms with Gasteiger partial charge in [-0.2, -0.15) is 0 Å². The minimum absolute atomic E-state index is 1.21. The van der Waals surface area contributed by atoms with Crippen LogP contribution in [0.25, 0.3) is 34.4 Å². The van der Waals surface area contributed by atoms with Crippen molar-refractivity contribution in [2.75, 3.05) is 0 Å². The summed E-state index contributed by atoms with van der Waals surface area (Å²) in [6, 6.07) is 34.9. The van der Waals surface area contributed by atoms with Crippen molar-refractivity contribution < 1.29 is 0 Å². The highest BCUT2D eigenvalue weighted by Crippen LogP contribution is 2.34. The average Bonchev–Trinajstić information content (AvgIpc) is 3.68. The van der Waals surface area contributed by atoms with Crippen molar-refractivity contribution in [3.8, 4) is 22.3 Å². The lowest BCUT2D eigenvalue weighted by atomic mass is 9.92. The molecule has 2 fully saturated rings. The number of rotatable bonds is 6. The van der Waals surface area contributed by atoms with Gasteiger partial charge in [-0.25, -0.2) is 0 Å². The Bertz CT molecular complexity index is 1210. The van der Waals surface area contributed by atoms with Gasteiger partial charge in [0, 0.05) is 11.8 Å². The molecule has 0 unspecified atom stereocenters. The van der Waals surface area contributed by atoms with Gasteiger partial charge in [0.15, 0.2) is 0 Å². The van der Waals surface area contributed by atoms with Crippen LogP contribution >= 0.6 is 0 Å². The summed E-state index contributed by atoms with van der Waals surface area (Å²) in [7, 11) is 0. The van der Waals surface area contributed by atoms with Gasteiger partial charge in [-0.3, -0.25) is 0 Å². The Labute approximate surface area is 216 Å². The molecule has 0 atom stereocenters. The Morgan fingerprint density at radius 3 is 1.06 bits per heavy atom. The topological polar surface area (TPSA) is 0 Å². The van der Waals surface area contributed by atoms with E-state index in [1.54, 1.807) is 0 Å². The van der Waals surface area contributed by atoms with E-state index in [0.29, 0.717) is 0 Å². The second-order valence-corrected chi connectivity index (χ2v) is 9.01. The quantitative estimate of drug-likeness (QED) is 0.254. The zero-order valence-electron chi connectivity index (χ0n) is 20.0. The SMILES string of the molecule is [CH]1[CH][CH][C](c2ccc(-c3ccccc3/C=C/c3ccccc3-c3ccc([C]4[CH][CH][CH][CH]4)cc3)cc2)[CH]1. The molecule has 10 radical (unpaired) electrons. The first-order valence-electron chi connectivity index (χ1n) is 12.4. The summed E-state index contributed by atoms with van der Waals surface area (Å²) in [6.45, 7) is 0. The van der Waals surface area contributed by atoms with Gasteiger partial charge in [-0.05, 0) is 95.9 Å². The Kier molecular flexibility index (Phi) is 6.85. The summed E-state index contributed by atoms with van der Waals surface area (Å²) in [4.78, 5) is 0. The Balaban J connectivity index is 1.26. The van der Waals surface area contributed by atoms with E-state index in [9.17, 15) is 0 Å². The molecule has 0 aromatic heterocycles. The fourth-order valence-corrected chi connectivity index (χ4v) is 4.81. The van der Waals surface area contributed by atoms with Crippen molar-refractivity contribution in [3.63, 3.8) is 0 Å². The predicted octanol–water partition coefficient (Wildman–Crippen LogP) is 8.70. The molecule has 170 valence electrons. The molecule has 4 aromatic carbocycles. The first-order chi connectivity index (χ1) is 17.8. The third-order valence-electron chi connectivity index (χ3n) is 6.75. The minimum Gasteiger partial charge on any atom is -0.0616 e. The summed E-state index contributed by atoms with van der Waals surface area (Å²) in [6.07, 6.45) is 21.4. The fraction of sp³-hybridized carbons (Fsp3) is 0. The summed E-state index contributed by atoms with van der Waals surface area (Å²) in [5.74, 6) is 2.52. The van der Waals surface area contributed by atoms with Gasteiger partial charge in [-0.1, -0.05) is 109 Å². The summed E-state index contributed by atoms with van der Waals surface area (Å²) in [5, 5.41) is 0. The van der Waals surface area contributed by atoms with Crippen LogP contribution in [0, 0.1) is 63.2 Å². The van der Waals surface area contributed by atoms with E-state index in [1.165, 1.54) is 56.3 Å². The zero-order chi connectivity index (χ0) is 24.2. The van der Waals surface area contributed by atoms with Crippen LogP contribution in [0.2, 0.25) is 0 Å². The highest BCUT2D eigenvalue weighted by atomic mass is 14.2. The highest BCUT2D eigenvalue weighted by Gasteiger charge is 2.19. The molecule has 2 aliphatic rings. The Hall–Kier alpha value is -3.38. The molecule has 0 spiro atoms. The van der Waals surface area contributed by atoms with Crippen molar-refractivity contribution in [1.82, 2.24) is 0 Å². The lowest BCUT2D eigenvalue weighted by molar-refractivity contribution is 1.29. The van der Waals surface area contributed by atoms with E-state index in [0.717, 1.165) is 0 Å². The standard InChI is InChI=1S/C36H26/c1-2-10-27(9-1)29-17-21-33(22-18-29)35-15-7-5-13-31(35)25-26-32-14-6-8-16-36(32)34-23-19-30(20-24-34)28-11-3-4-12-28/h1-26H/b26-25+. The summed E-state index contributed by atoms with van der Waals surface area (Å²) < 4.78 is 0. The average molecular weight is 459 g/mol. The fourth-order valence-electron chi connectivity index (χ4n) is 4.81. The van der Waals surface area contributed by atoms with Crippen molar-refractivity contribution in [1.29, 1.82) is 0 Å². The van der Waals surface area contributed by atoms with Gasteiger partial charge < -0.3 is 0 Å². The van der Waals surface area contributed by atoms with E-state index >= 15 is 0 Å². The normalized spacial score (nSPS) is 16.8. The van der Waals surface area contributed by atoms with E-state index in [-0.39, 0.29) is 0 Å². The van der Waals surface area contributed by atoms with Gasteiger partial charge in [0.2, 0.25) is 0 Å². The molecule has 36 heavy (non-hydrogen) atoms. The molecule has 0 saturated heterocycles. The Morgan fingerprint density at radius 1 is 0.333 bits per heavy atom. The van der Waals surface area contributed by atoms with Crippen LogP contribution in [-0.2, 0) is 0 Å². The van der Waals surface area contributed by atoms with E-state index in [4.69, 9.17) is 0 Å². The maximum atomic E-state index is 2.23. The molecule has 0 bridgehead atoms. The van der Waals surface area contributed by atoms with E-state index in [1.807, 2.05) is 0 Å². The minimum atomic E-state index is 1.21. The molecule has 0 aliphatic heterocycles. The van der Waals surface area contributed by atoms with Crippen LogP contribution in [-0.4, -0.2) is 0 Å². The van der Waals surface area contributed by atoms with Crippen LogP contribution in [0.3, 0.4) is 0 Å². The maximum absolute atomic E-state index is 2.23. The van der Waals surface area contributed by atoms with Gasteiger partial charge >= 0.3 is 0 Å². The van der Waals surface area contributed by atoms with Gasteiger partial charge in [0.1, 0.15) is 0 Å². The molecule has 4 aromatic rings. The lowest BCUT2D eigenvalue weighted by Crippen LogP contribution is -1.94. The third-order valence-corrected chi connectivity index (χ3v) is 6.75. The molecule has 2 aliphatic carbocycles. The maximum Gasteiger partial charge on any atom is 0.0124 e.